The molecule has 8 heteroatoms. The molecule has 0 spiro atoms. The maximum Gasteiger partial charge on any atom is 0.339 e. The summed E-state index contributed by atoms with van der Waals surface area (Å²) in [4.78, 5) is 30.2. The highest BCUT2D eigenvalue weighted by Gasteiger charge is 2.23. The average Bonchev–Trinajstić information content (AvgIpc) is 3.26. The van der Waals surface area contributed by atoms with Crippen molar-refractivity contribution in [2.45, 2.75) is 33.0 Å². The average molecular weight is 446 g/mol. The lowest BCUT2D eigenvalue weighted by Crippen LogP contribution is -2.35. The topological polar surface area (TPSA) is 86.1 Å². The standard InChI is InChI=1S/C25H23FN4O3/c1-3-30-23-21(15-28-30)20(13-22(29-23)18-7-5-4-6-8-18)25(32)33-16(2)24(31)27-14-17-9-11-19(26)12-10-17/h4-13,15-16H,3,14H2,1-2H3,(H,27,31). The number of carbonyl (C=O) groups excluding carboxylic acids is 2. The van der Waals surface area contributed by atoms with Crippen LogP contribution in [0.25, 0.3) is 22.3 Å². The van der Waals surface area contributed by atoms with Crippen LogP contribution >= 0.6 is 0 Å². The summed E-state index contributed by atoms with van der Waals surface area (Å²) in [6, 6.07) is 17.0. The Bertz CT molecular complexity index is 1290. The Morgan fingerprint density at radius 2 is 1.85 bits per heavy atom. The largest absolute Gasteiger partial charge is 0.449 e. The number of esters is 1. The van der Waals surface area contributed by atoms with Gasteiger partial charge in [0.25, 0.3) is 5.91 Å². The van der Waals surface area contributed by atoms with Gasteiger partial charge in [-0.15, -0.1) is 0 Å². The van der Waals surface area contributed by atoms with Crippen LogP contribution in [-0.2, 0) is 22.6 Å². The molecule has 2 aromatic carbocycles. The lowest BCUT2D eigenvalue weighted by atomic mass is 10.1. The number of pyridine rings is 1. The van der Waals surface area contributed by atoms with Crippen LogP contribution in [0.5, 0.6) is 0 Å². The summed E-state index contributed by atoms with van der Waals surface area (Å²) in [6.45, 7) is 4.23. The second kappa shape index (κ2) is 9.60. The van der Waals surface area contributed by atoms with E-state index in [1.807, 2.05) is 37.3 Å². The van der Waals surface area contributed by atoms with E-state index in [1.165, 1.54) is 19.1 Å². The molecule has 1 atom stereocenters. The van der Waals surface area contributed by atoms with E-state index in [9.17, 15) is 14.0 Å². The van der Waals surface area contributed by atoms with Crippen LogP contribution in [0.1, 0.15) is 29.8 Å². The third-order valence-corrected chi connectivity index (χ3v) is 5.23. The summed E-state index contributed by atoms with van der Waals surface area (Å²) < 4.78 is 20.2. The molecule has 0 bridgehead atoms. The Morgan fingerprint density at radius 1 is 1.12 bits per heavy atom. The lowest BCUT2D eigenvalue weighted by Gasteiger charge is -2.14. The molecule has 33 heavy (non-hydrogen) atoms. The SMILES string of the molecule is CCn1ncc2c(C(=O)OC(C)C(=O)NCc3ccc(F)cc3)cc(-c3ccccc3)nc21. The molecule has 4 aromatic rings. The van der Waals surface area contributed by atoms with Crippen LogP contribution < -0.4 is 5.32 Å². The first kappa shape index (κ1) is 22.1. The Labute approximate surface area is 190 Å². The molecule has 2 heterocycles. The lowest BCUT2D eigenvalue weighted by molar-refractivity contribution is -0.129. The number of fused-ring (bicyclic) bond motifs is 1. The van der Waals surface area contributed by atoms with Gasteiger partial charge in [0, 0.05) is 18.7 Å². The molecule has 1 N–H and O–H groups in total. The van der Waals surface area contributed by atoms with Gasteiger partial charge < -0.3 is 10.1 Å². The van der Waals surface area contributed by atoms with Gasteiger partial charge in [-0.25, -0.2) is 18.9 Å². The number of nitrogens with one attached hydrogen (secondary N) is 1. The number of aromatic nitrogens is 3. The predicted octanol–water partition coefficient (Wildman–Crippen LogP) is 4.12. The summed E-state index contributed by atoms with van der Waals surface area (Å²) in [5.41, 5.74) is 3.05. The number of amides is 1. The third-order valence-electron chi connectivity index (χ3n) is 5.23. The molecule has 4 rings (SSSR count). The van der Waals surface area contributed by atoms with Crippen LogP contribution in [0.3, 0.4) is 0 Å². The van der Waals surface area contributed by atoms with Gasteiger partial charge in [0.05, 0.1) is 22.8 Å². The van der Waals surface area contributed by atoms with Crippen molar-refractivity contribution in [2.24, 2.45) is 0 Å². The number of hydrogen-bond acceptors (Lipinski definition) is 5. The van der Waals surface area contributed by atoms with Gasteiger partial charge in [-0.1, -0.05) is 42.5 Å². The number of hydrogen-bond donors (Lipinski definition) is 1. The Morgan fingerprint density at radius 3 is 2.55 bits per heavy atom. The maximum atomic E-state index is 13.1. The normalized spacial score (nSPS) is 11.8. The molecule has 0 aliphatic heterocycles. The van der Waals surface area contributed by atoms with Gasteiger partial charge in [-0.3, -0.25) is 4.79 Å². The van der Waals surface area contributed by atoms with Gasteiger partial charge in [0.1, 0.15) is 5.82 Å². The highest BCUT2D eigenvalue weighted by Crippen LogP contribution is 2.25. The van der Waals surface area contributed by atoms with E-state index < -0.39 is 18.0 Å². The highest BCUT2D eigenvalue weighted by atomic mass is 19.1. The minimum absolute atomic E-state index is 0.196. The zero-order chi connectivity index (χ0) is 23.4. The van der Waals surface area contributed by atoms with Gasteiger partial charge in [-0.2, -0.15) is 5.10 Å². The van der Waals surface area contributed by atoms with Gasteiger partial charge in [0.15, 0.2) is 11.8 Å². The molecular weight excluding hydrogens is 423 g/mol. The Hall–Kier alpha value is -4.07. The molecule has 0 aliphatic rings. The zero-order valence-corrected chi connectivity index (χ0v) is 18.3. The molecule has 7 nitrogen and oxygen atoms in total. The van der Waals surface area contributed by atoms with Crippen LogP contribution in [0, 0.1) is 5.82 Å². The number of aryl methyl sites for hydroxylation is 1. The van der Waals surface area contributed by atoms with Gasteiger partial charge >= 0.3 is 5.97 Å². The fraction of sp³-hybridized carbons (Fsp3) is 0.200. The van der Waals surface area contributed by atoms with Crippen LogP contribution in [0.2, 0.25) is 0 Å². The molecule has 0 aliphatic carbocycles. The van der Waals surface area contributed by atoms with E-state index in [0.717, 1.165) is 11.1 Å². The highest BCUT2D eigenvalue weighted by molar-refractivity contribution is 6.04. The van der Waals surface area contributed by atoms with E-state index in [0.29, 0.717) is 23.3 Å². The second-order valence-corrected chi connectivity index (χ2v) is 7.51. The molecule has 0 saturated carbocycles. The number of carbonyl (C=O) groups is 2. The minimum atomic E-state index is -1.03. The number of nitrogens with zero attached hydrogens (tertiary/aromatic N) is 3. The van der Waals surface area contributed by atoms with Crippen molar-refractivity contribution >= 4 is 22.9 Å². The van der Waals surface area contributed by atoms with Crippen molar-refractivity contribution < 1.29 is 18.7 Å². The third kappa shape index (κ3) is 4.90. The molecular formula is C25H23FN4O3. The first-order valence-corrected chi connectivity index (χ1v) is 10.6. The van der Waals surface area contributed by atoms with Crippen LogP contribution in [0.4, 0.5) is 4.39 Å². The van der Waals surface area contributed by atoms with E-state index in [1.54, 1.807) is 29.1 Å². The van der Waals surface area contributed by atoms with Crippen molar-refractivity contribution in [1.29, 1.82) is 0 Å². The number of halogens is 1. The van der Waals surface area contributed by atoms with Gasteiger partial charge in [0.2, 0.25) is 0 Å². The fourth-order valence-electron chi connectivity index (χ4n) is 3.42. The minimum Gasteiger partial charge on any atom is -0.449 e. The summed E-state index contributed by atoms with van der Waals surface area (Å²) >= 11 is 0. The first-order valence-electron chi connectivity index (χ1n) is 10.6. The van der Waals surface area contributed by atoms with Gasteiger partial charge in [-0.05, 0) is 37.6 Å². The number of benzene rings is 2. The Balaban J connectivity index is 1.55. The molecule has 168 valence electrons. The quantitative estimate of drug-likeness (QED) is 0.432. The van der Waals surface area contributed by atoms with Crippen molar-refractivity contribution in [1.82, 2.24) is 20.1 Å². The van der Waals surface area contributed by atoms with Crippen LogP contribution in [0.15, 0.2) is 66.9 Å². The van der Waals surface area contributed by atoms with Crippen molar-refractivity contribution in [3.05, 3.63) is 83.8 Å². The molecule has 1 amide bonds. The summed E-state index contributed by atoms with van der Waals surface area (Å²) in [5.74, 6) is -1.44. The van der Waals surface area contributed by atoms with Crippen molar-refractivity contribution in [3.63, 3.8) is 0 Å². The summed E-state index contributed by atoms with van der Waals surface area (Å²) in [7, 11) is 0. The zero-order valence-electron chi connectivity index (χ0n) is 18.3. The molecule has 0 saturated heterocycles. The smallest absolute Gasteiger partial charge is 0.339 e. The molecule has 1 unspecified atom stereocenters. The number of ether oxygens (including phenoxy) is 1. The van der Waals surface area contributed by atoms with Crippen molar-refractivity contribution in [2.75, 3.05) is 0 Å². The molecule has 0 fully saturated rings. The summed E-state index contributed by atoms with van der Waals surface area (Å²) in [6.07, 6.45) is 0.554. The van der Waals surface area contributed by atoms with E-state index in [2.05, 4.69) is 15.4 Å². The molecule has 2 aromatic heterocycles. The van der Waals surface area contributed by atoms with E-state index >= 15 is 0 Å². The Kier molecular flexibility index (Phi) is 6.44. The van der Waals surface area contributed by atoms with E-state index in [4.69, 9.17) is 4.74 Å². The number of rotatable bonds is 7. The first-order chi connectivity index (χ1) is 16.0. The maximum absolute atomic E-state index is 13.1. The monoisotopic (exact) mass is 446 g/mol. The van der Waals surface area contributed by atoms with Crippen LogP contribution in [-0.4, -0.2) is 32.7 Å². The predicted molar refractivity (Wildman–Crippen MR) is 122 cm³/mol. The van der Waals surface area contributed by atoms with Crippen molar-refractivity contribution in [3.8, 4) is 11.3 Å². The van der Waals surface area contributed by atoms with E-state index in [-0.39, 0.29) is 17.9 Å². The second-order valence-electron chi connectivity index (χ2n) is 7.51. The fourth-order valence-corrected chi connectivity index (χ4v) is 3.42. The summed E-state index contributed by atoms with van der Waals surface area (Å²) in [5, 5.41) is 7.57. The molecule has 0 radical (unpaired) electrons.